The molecule has 2 saturated heterocycles. The van der Waals surface area contributed by atoms with E-state index >= 15 is 0 Å². The Kier molecular flexibility index (Phi) is 1.74. The second-order valence-electron chi connectivity index (χ2n) is 5.73. The van der Waals surface area contributed by atoms with E-state index in [2.05, 4.69) is 6.58 Å². The number of rotatable bonds is 2. The third-order valence-electron chi connectivity index (χ3n) is 4.84. The Morgan fingerprint density at radius 3 is 3.06 bits per heavy atom. The minimum atomic E-state index is -0.375. The number of ether oxygens (including phenoxy) is 3. The normalized spacial score (nSPS) is 50.5. The van der Waals surface area contributed by atoms with Gasteiger partial charge in [0.05, 0.1) is 18.6 Å². The third-order valence-corrected chi connectivity index (χ3v) is 4.84. The molecule has 0 amide bonds. The van der Waals surface area contributed by atoms with E-state index in [1.165, 1.54) is 0 Å². The van der Waals surface area contributed by atoms with E-state index < -0.39 is 0 Å². The van der Waals surface area contributed by atoms with Gasteiger partial charge in [0, 0.05) is 17.4 Å². The molecular weight excluding hydrogens is 236 g/mol. The summed E-state index contributed by atoms with van der Waals surface area (Å²) in [5.41, 5.74) is 0.0181. The van der Waals surface area contributed by atoms with E-state index in [1.807, 2.05) is 0 Å². The number of hydrogen-bond donors (Lipinski definition) is 0. The SMILES string of the molecule is C=C(C)C(=O)OC1CC2C3C(=O)OCC3C3OC123. The second kappa shape index (κ2) is 2.96. The van der Waals surface area contributed by atoms with Gasteiger partial charge in [-0.15, -0.1) is 0 Å². The van der Waals surface area contributed by atoms with Gasteiger partial charge in [0.2, 0.25) is 0 Å². The monoisotopic (exact) mass is 250 g/mol. The predicted octanol–water partition coefficient (Wildman–Crippen LogP) is 0.435. The van der Waals surface area contributed by atoms with Gasteiger partial charge in [-0.05, 0) is 13.3 Å². The van der Waals surface area contributed by atoms with Crippen molar-refractivity contribution in [1.29, 1.82) is 0 Å². The van der Waals surface area contributed by atoms with Crippen molar-refractivity contribution in [2.75, 3.05) is 6.61 Å². The highest BCUT2D eigenvalue weighted by Gasteiger charge is 2.85. The molecule has 96 valence electrons. The Balaban J connectivity index is 1.54. The Morgan fingerprint density at radius 1 is 1.56 bits per heavy atom. The summed E-state index contributed by atoms with van der Waals surface area (Å²) in [5, 5.41) is 0. The van der Waals surface area contributed by atoms with Crippen LogP contribution in [0.1, 0.15) is 13.3 Å². The lowest BCUT2D eigenvalue weighted by atomic mass is 9.68. The average molecular weight is 250 g/mol. The van der Waals surface area contributed by atoms with Crippen LogP contribution in [0.5, 0.6) is 0 Å². The first kappa shape index (κ1) is 10.6. The van der Waals surface area contributed by atoms with Crippen molar-refractivity contribution >= 4 is 11.9 Å². The molecule has 2 heterocycles. The van der Waals surface area contributed by atoms with Gasteiger partial charge in [0.15, 0.2) is 0 Å². The zero-order valence-electron chi connectivity index (χ0n) is 10.0. The fourth-order valence-electron chi connectivity index (χ4n) is 3.93. The summed E-state index contributed by atoms with van der Waals surface area (Å²) in [6.45, 7) is 5.65. The lowest BCUT2D eigenvalue weighted by molar-refractivity contribution is -0.167. The number of esters is 2. The Labute approximate surface area is 104 Å². The highest BCUT2D eigenvalue weighted by molar-refractivity contribution is 5.87. The average Bonchev–Trinajstić information content (AvgIpc) is 2.94. The van der Waals surface area contributed by atoms with Crippen molar-refractivity contribution in [3.8, 4) is 0 Å². The number of fused-ring (bicyclic) bond motifs is 3. The highest BCUT2D eigenvalue weighted by Crippen LogP contribution is 2.71. The molecule has 6 atom stereocenters. The summed E-state index contributed by atoms with van der Waals surface area (Å²) in [4.78, 5) is 23.2. The molecule has 2 aliphatic carbocycles. The molecule has 2 aliphatic heterocycles. The molecule has 5 nitrogen and oxygen atoms in total. The van der Waals surface area contributed by atoms with E-state index in [4.69, 9.17) is 14.2 Å². The van der Waals surface area contributed by atoms with Crippen molar-refractivity contribution in [2.45, 2.75) is 31.2 Å². The van der Waals surface area contributed by atoms with Gasteiger partial charge < -0.3 is 14.2 Å². The fourth-order valence-corrected chi connectivity index (χ4v) is 3.93. The van der Waals surface area contributed by atoms with Gasteiger partial charge in [-0.3, -0.25) is 4.79 Å². The van der Waals surface area contributed by atoms with Crippen LogP contribution in [0.3, 0.4) is 0 Å². The van der Waals surface area contributed by atoms with Crippen LogP contribution in [0.15, 0.2) is 12.2 Å². The lowest BCUT2D eigenvalue weighted by Crippen LogP contribution is -2.54. The maximum atomic E-state index is 11.6. The molecular formula is C13H14O5. The summed E-state index contributed by atoms with van der Waals surface area (Å²) < 4.78 is 16.2. The summed E-state index contributed by atoms with van der Waals surface area (Å²) in [5.74, 6) is -0.184. The maximum absolute atomic E-state index is 11.6. The molecule has 0 aromatic rings. The molecule has 4 fully saturated rings. The topological polar surface area (TPSA) is 65.1 Å². The summed E-state index contributed by atoms with van der Waals surface area (Å²) >= 11 is 0. The van der Waals surface area contributed by atoms with Crippen LogP contribution in [0, 0.1) is 17.8 Å². The zero-order chi connectivity index (χ0) is 12.7. The van der Waals surface area contributed by atoms with Crippen molar-refractivity contribution < 1.29 is 23.8 Å². The molecule has 0 aromatic heterocycles. The predicted molar refractivity (Wildman–Crippen MR) is 58.3 cm³/mol. The zero-order valence-corrected chi connectivity index (χ0v) is 10.0. The van der Waals surface area contributed by atoms with Crippen LogP contribution in [0.2, 0.25) is 0 Å². The van der Waals surface area contributed by atoms with E-state index in [9.17, 15) is 9.59 Å². The molecule has 4 aliphatic rings. The van der Waals surface area contributed by atoms with Crippen molar-refractivity contribution in [3.63, 3.8) is 0 Å². The van der Waals surface area contributed by atoms with Crippen molar-refractivity contribution in [1.82, 2.24) is 0 Å². The van der Waals surface area contributed by atoms with Gasteiger partial charge in [-0.1, -0.05) is 6.58 Å². The van der Waals surface area contributed by atoms with Crippen LogP contribution in [-0.4, -0.2) is 36.4 Å². The maximum Gasteiger partial charge on any atom is 0.333 e. The smallest absolute Gasteiger partial charge is 0.333 e. The number of carbonyl (C=O) groups excluding carboxylic acids is 2. The van der Waals surface area contributed by atoms with E-state index in [0.717, 1.165) is 0 Å². The van der Waals surface area contributed by atoms with Gasteiger partial charge >= 0.3 is 11.9 Å². The molecule has 1 spiro atoms. The molecule has 18 heavy (non-hydrogen) atoms. The molecule has 4 rings (SSSR count). The van der Waals surface area contributed by atoms with Crippen LogP contribution in [0.4, 0.5) is 0 Å². The molecule has 0 aromatic carbocycles. The number of hydrogen-bond acceptors (Lipinski definition) is 5. The Morgan fingerprint density at radius 2 is 2.33 bits per heavy atom. The minimum Gasteiger partial charge on any atom is -0.465 e. The third kappa shape index (κ3) is 0.983. The van der Waals surface area contributed by atoms with Gasteiger partial charge in [0.1, 0.15) is 11.7 Å². The summed E-state index contributed by atoms with van der Waals surface area (Å²) in [6.07, 6.45) is 0.525. The van der Waals surface area contributed by atoms with Crippen LogP contribution < -0.4 is 0 Å². The summed E-state index contributed by atoms with van der Waals surface area (Å²) in [7, 11) is 0. The first-order valence-electron chi connectivity index (χ1n) is 6.26. The Hall–Kier alpha value is -1.36. The number of epoxide rings is 1. The van der Waals surface area contributed by atoms with Crippen molar-refractivity contribution in [3.05, 3.63) is 12.2 Å². The van der Waals surface area contributed by atoms with E-state index in [0.29, 0.717) is 18.6 Å². The highest BCUT2D eigenvalue weighted by atomic mass is 16.7. The largest absolute Gasteiger partial charge is 0.465 e. The van der Waals surface area contributed by atoms with Gasteiger partial charge in [-0.2, -0.15) is 0 Å². The fraction of sp³-hybridized carbons (Fsp3) is 0.692. The molecule has 0 bridgehead atoms. The molecule has 0 radical (unpaired) electrons. The van der Waals surface area contributed by atoms with Gasteiger partial charge in [-0.25, -0.2) is 4.79 Å². The quantitative estimate of drug-likeness (QED) is 0.404. The molecule has 0 N–H and O–H groups in total. The molecule has 2 saturated carbocycles. The first-order valence-corrected chi connectivity index (χ1v) is 6.26. The Bertz CT molecular complexity index is 484. The van der Waals surface area contributed by atoms with E-state index in [-0.39, 0.29) is 47.5 Å². The minimum absolute atomic E-state index is 0.0376. The lowest BCUT2D eigenvalue weighted by Gasteiger charge is -2.41. The van der Waals surface area contributed by atoms with Crippen molar-refractivity contribution in [2.24, 2.45) is 17.8 Å². The number of carbonyl (C=O) groups is 2. The summed E-state index contributed by atoms with van der Waals surface area (Å²) in [6, 6.07) is 0. The second-order valence-corrected chi connectivity index (χ2v) is 5.73. The molecule has 5 heteroatoms. The standard InChI is InChI=1S/C13H14O5/c1-5(2)11(14)17-8-3-7-9-6(4-16-12(9)15)10-13(7,8)18-10/h6-10H,1,3-4H2,2H3. The van der Waals surface area contributed by atoms with Crippen LogP contribution in [-0.2, 0) is 23.8 Å². The molecule has 6 unspecified atom stereocenters. The van der Waals surface area contributed by atoms with Crippen LogP contribution >= 0.6 is 0 Å². The van der Waals surface area contributed by atoms with E-state index in [1.54, 1.807) is 6.92 Å². The van der Waals surface area contributed by atoms with Gasteiger partial charge in [0.25, 0.3) is 0 Å². The number of cyclic esters (lactones) is 1. The van der Waals surface area contributed by atoms with Crippen LogP contribution in [0.25, 0.3) is 0 Å². The first-order chi connectivity index (χ1) is 8.55.